The van der Waals surface area contributed by atoms with Gasteiger partial charge in [-0.15, -0.1) is 0 Å². The summed E-state index contributed by atoms with van der Waals surface area (Å²) in [7, 11) is 0. The standard InChI is InChI=1S/C11H18F2N2O3/c1-2-14-6-8(5-10(14)17)11(18)15(3-4-16)7-9(12)13/h8-9,16H,2-7H2,1H3. The molecule has 1 rings (SSSR count). The largest absolute Gasteiger partial charge is 0.395 e. The van der Waals surface area contributed by atoms with Gasteiger partial charge in [-0.3, -0.25) is 9.59 Å². The number of halogens is 2. The number of likely N-dealkylation sites (tertiary alicyclic amines) is 1. The normalized spacial score (nSPS) is 19.7. The first-order valence-electron chi connectivity index (χ1n) is 5.95. The van der Waals surface area contributed by atoms with Crippen molar-refractivity contribution in [3.05, 3.63) is 0 Å². The predicted octanol–water partition coefficient (Wildman–Crippen LogP) is -0.0592. The van der Waals surface area contributed by atoms with Crippen molar-refractivity contribution >= 4 is 11.8 Å². The molecule has 0 aromatic heterocycles. The van der Waals surface area contributed by atoms with Gasteiger partial charge in [0.25, 0.3) is 6.43 Å². The molecule has 7 heteroatoms. The second-order valence-electron chi connectivity index (χ2n) is 4.23. The molecule has 0 saturated carbocycles. The first-order valence-corrected chi connectivity index (χ1v) is 5.95. The highest BCUT2D eigenvalue weighted by Crippen LogP contribution is 2.20. The number of carbonyl (C=O) groups excluding carboxylic acids is 2. The van der Waals surface area contributed by atoms with Gasteiger partial charge in [0.05, 0.1) is 19.1 Å². The van der Waals surface area contributed by atoms with Crippen LogP contribution in [-0.2, 0) is 9.59 Å². The molecule has 104 valence electrons. The van der Waals surface area contributed by atoms with Gasteiger partial charge in [0.15, 0.2) is 0 Å². The minimum Gasteiger partial charge on any atom is -0.395 e. The fourth-order valence-electron chi connectivity index (χ4n) is 2.08. The molecule has 0 spiro atoms. The van der Waals surface area contributed by atoms with Crippen molar-refractivity contribution in [3.8, 4) is 0 Å². The zero-order valence-corrected chi connectivity index (χ0v) is 10.3. The lowest BCUT2D eigenvalue weighted by molar-refractivity contribution is -0.138. The van der Waals surface area contributed by atoms with Crippen molar-refractivity contribution < 1.29 is 23.5 Å². The number of hydrogen-bond donors (Lipinski definition) is 1. The molecule has 0 aliphatic carbocycles. The monoisotopic (exact) mass is 264 g/mol. The van der Waals surface area contributed by atoms with Crippen LogP contribution in [0.1, 0.15) is 13.3 Å². The van der Waals surface area contributed by atoms with Gasteiger partial charge in [-0.1, -0.05) is 0 Å². The first kappa shape index (κ1) is 14.8. The fraction of sp³-hybridized carbons (Fsp3) is 0.818. The Balaban J connectivity index is 2.63. The summed E-state index contributed by atoms with van der Waals surface area (Å²) in [5.74, 6) is -1.17. The Morgan fingerprint density at radius 1 is 1.61 bits per heavy atom. The molecule has 1 atom stereocenters. The highest BCUT2D eigenvalue weighted by Gasteiger charge is 2.36. The van der Waals surface area contributed by atoms with Gasteiger partial charge in [-0.25, -0.2) is 8.78 Å². The second kappa shape index (κ2) is 6.63. The van der Waals surface area contributed by atoms with E-state index < -0.39 is 24.8 Å². The number of alkyl halides is 2. The van der Waals surface area contributed by atoms with Crippen LogP contribution in [0.5, 0.6) is 0 Å². The second-order valence-corrected chi connectivity index (χ2v) is 4.23. The Labute approximate surface area is 104 Å². The van der Waals surface area contributed by atoms with Crippen molar-refractivity contribution in [2.24, 2.45) is 5.92 Å². The van der Waals surface area contributed by atoms with Crippen LogP contribution in [0.2, 0.25) is 0 Å². The average molecular weight is 264 g/mol. The minimum atomic E-state index is -2.64. The van der Waals surface area contributed by atoms with Crippen molar-refractivity contribution in [2.75, 3.05) is 32.8 Å². The third-order valence-corrected chi connectivity index (χ3v) is 2.99. The highest BCUT2D eigenvalue weighted by molar-refractivity contribution is 5.89. The molecule has 1 N–H and O–H groups in total. The van der Waals surface area contributed by atoms with Gasteiger partial charge in [0, 0.05) is 26.1 Å². The maximum Gasteiger partial charge on any atom is 0.255 e. The van der Waals surface area contributed by atoms with Gasteiger partial charge >= 0.3 is 0 Å². The SMILES string of the molecule is CCN1CC(C(=O)N(CCO)CC(F)F)CC1=O. The number of aliphatic hydroxyl groups excluding tert-OH is 1. The van der Waals surface area contributed by atoms with E-state index in [4.69, 9.17) is 5.11 Å². The highest BCUT2D eigenvalue weighted by atomic mass is 19.3. The molecule has 18 heavy (non-hydrogen) atoms. The van der Waals surface area contributed by atoms with Crippen molar-refractivity contribution in [1.29, 1.82) is 0 Å². The molecular weight excluding hydrogens is 246 g/mol. The summed E-state index contributed by atoms with van der Waals surface area (Å²) in [4.78, 5) is 25.9. The smallest absolute Gasteiger partial charge is 0.255 e. The summed E-state index contributed by atoms with van der Waals surface area (Å²) in [5.41, 5.74) is 0. The molecule has 5 nitrogen and oxygen atoms in total. The maximum absolute atomic E-state index is 12.3. The van der Waals surface area contributed by atoms with Gasteiger partial charge in [0.2, 0.25) is 11.8 Å². The van der Waals surface area contributed by atoms with Crippen molar-refractivity contribution in [3.63, 3.8) is 0 Å². The van der Waals surface area contributed by atoms with Gasteiger partial charge in [0.1, 0.15) is 0 Å². The van der Waals surface area contributed by atoms with E-state index in [1.807, 2.05) is 0 Å². The summed E-state index contributed by atoms with van der Waals surface area (Å²) in [6.07, 6.45) is -2.57. The lowest BCUT2D eigenvalue weighted by Gasteiger charge is -2.24. The molecule has 0 bridgehead atoms. The van der Waals surface area contributed by atoms with Gasteiger partial charge in [-0.05, 0) is 6.92 Å². The molecule has 2 amide bonds. The minimum absolute atomic E-state index is 0.0673. The van der Waals surface area contributed by atoms with Crippen molar-refractivity contribution in [1.82, 2.24) is 9.80 Å². The number of amides is 2. The molecular formula is C11H18F2N2O3. The van der Waals surface area contributed by atoms with E-state index in [2.05, 4.69) is 0 Å². The number of carbonyl (C=O) groups is 2. The third-order valence-electron chi connectivity index (χ3n) is 2.99. The summed E-state index contributed by atoms with van der Waals surface area (Å²) < 4.78 is 24.6. The number of aliphatic hydroxyl groups is 1. The van der Waals surface area contributed by atoms with Crippen LogP contribution in [0, 0.1) is 5.92 Å². The van der Waals surface area contributed by atoms with Gasteiger partial charge in [-0.2, -0.15) is 0 Å². The zero-order valence-electron chi connectivity index (χ0n) is 10.3. The number of nitrogens with zero attached hydrogens (tertiary/aromatic N) is 2. The van der Waals surface area contributed by atoms with E-state index in [1.54, 1.807) is 6.92 Å². The quantitative estimate of drug-likeness (QED) is 0.731. The topological polar surface area (TPSA) is 60.9 Å². The lowest BCUT2D eigenvalue weighted by atomic mass is 10.1. The van der Waals surface area contributed by atoms with Crippen LogP contribution >= 0.6 is 0 Å². The molecule has 0 aromatic rings. The van der Waals surface area contributed by atoms with E-state index in [0.717, 1.165) is 4.90 Å². The average Bonchev–Trinajstić information content (AvgIpc) is 2.68. The number of rotatable bonds is 6. The van der Waals surface area contributed by atoms with E-state index in [1.165, 1.54) is 4.90 Å². The van der Waals surface area contributed by atoms with Crippen LogP contribution in [0.25, 0.3) is 0 Å². The zero-order chi connectivity index (χ0) is 13.7. The van der Waals surface area contributed by atoms with Crippen LogP contribution in [0.3, 0.4) is 0 Å². The summed E-state index contributed by atoms with van der Waals surface area (Å²) in [5, 5.41) is 8.78. The van der Waals surface area contributed by atoms with Gasteiger partial charge < -0.3 is 14.9 Å². The Hall–Kier alpha value is -1.24. The fourth-order valence-corrected chi connectivity index (χ4v) is 2.08. The Kier molecular flexibility index (Phi) is 5.46. The predicted molar refractivity (Wildman–Crippen MR) is 60.0 cm³/mol. The maximum atomic E-state index is 12.3. The van der Waals surface area contributed by atoms with E-state index in [9.17, 15) is 18.4 Å². The van der Waals surface area contributed by atoms with Crippen LogP contribution in [0.15, 0.2) is 0 Å². The van der Waals surface area contributed by atoms with Crippen LogP contribution in [0.4, 0.5) is 8.78 Å². The molecule has 0 radical (unpaired) electrons. The van der Waals surface area contributed by atoms with E-state index in [-0.39, 0.29) is 32.0 Å². The Morgan fingerprint density at radius 2 is 2.28 bits per heavy atom. The van der Waals surface area contributed by atoms with Crippen molar-refractivity contribution in [2.45, 2.75) is 19.8 Å². The molecule has 1 unspecified atom stereocenters. The molecule has 1 heterocycles. The van der Waals surface area contributed by atoms with Crippen LogP contribution in [-0.4, -0.2) is 65.9 Å². The first-order chi connectivity index (χ1) is 8.49. The third kappa shape index (κ3) is 3.63. The Morgan fingerprint density at radius 3 is 2.72 bits per heavy atom. The molecule has 0 aromatic carbocycles. The summed E-state index contributed by atoms with van der Waals surface area (Å²) in [6.45, 7) is 1.40. The molecule has 1 fully saturated rings. The number of hydrogen-bond acceptors (Lipinski definition) is 3. The van der Waals surface area contributed by atoms with E-state index in [0.29, 0.717) is 6.54 Å². The Bertz CT molecular complexity index is 313. The summed E-state index contributed by atoms with van der Waals surface area (Å²) in [6, 6.07) is 0. The molecule has 1 aliphatic heterocycles. The molecule has 1 saturated heterocycles. The summed E-state index contributed by atoms with van der Waals surface area (Å²) >= 11 is 0. The van der Waals surface area contributed by atoms with E-state index >= 15 is 0 Å². The molecule has 1 aliphatic rings. The lowest BCUT2D eigenvalue weighted by Crippen LogP contribution is -2.41. The van der Waals surface area contributed by atoms with Crippen LogP contribution < -0.4 is 0 Å².